The molecule has 15 heavy (non-hydrogen) atoms. The molecule has 0 radical (unpaired) electrons. The van der Waals surface area contributed by atoms with Gasteiger partial charge in [-0.15, -0.1) is 0 Å². The van der Waals surface area contributed by atoms with E-state index in [0.717, 1.165) is 31.5 Å². The molecule has 1 aromatic rings. The summed E-state index contributed by atoms with van der Waals surface area (Å²) in [6.45, 7) is 0.736. The van der Waals surface area contributed by atoms with Crippen molar-refractivity contribution in [2.24, 2.45) is 5.84 Å². The third-order valence-electron chi connectivity index (χ3n) is 2.73. The number of hydrogen-bond acceptors (Lipinski definition) is 2. The van der Waals surface area contributed by atoms with Crippen LogP contribution in [0.3, 0.4) is 0 Å². The number of nitrogens with zero attached hydrogens (tertiary/aromatic N) is 1. The highest BCUT2D eigenvalue weighted by molar-refractivity contribution is 5.92. The van der Waals surface area contributed by atoms with E-state index in [9.17, 15) is 4.79 Å². The van der Waals surface area contributed by atoms with Gasteiger partial charge in [-0.1, -0.05) is 18.2 Å². The minimum atomic E-state index is -0.232. The van der Waals surface area contributed by atoms with Crippen molar-refractivity contribution in [3.8, 4) is 0 Å². The van der Waals surface area contributed by atoms with Gasteiger partial charge in [0.25, 0.3) is 0 Å². The summed E-state index contributed by atoms with van der Waals surface area (Å²) in [6.07, 6.45) is 3.16. The SMILES string of the molecule is NNC(=O)N1CCCCc2ccccc21. The number of aryl methyl sites for hydroxylation is 1. The molecule has 1 aromatic carbocycles. The van der Waals surface area contributed by atoms with Crippen molar-refractivity contribution < 1.29 is 4.79 Å². The lowest BCUT2D eigenvalue weighted by atomic mass is 10.1. The van der Waals surface area contributed by atoms with E-state index >= 15 is 0 Å². The van der Waals surface area contributed by atoms with Crippen LogP contribution < -0.4 is 16.2 Å². The fourth-order valence-electron chi connectivity index (χ4n) is 1.98. The number of hydrogen-bond donors (Lipinski definition) is 2. The highest BCUT2D eigenvalue weighted by Gasteiger charge is 2.19. The van der Waals surface area contributed by atoms with Gasteiger partial charge in [-0.25, -0.2) is 10.6 Å². The van der Waals surface area contributed by atoms with Gasteiger partial charge in [-0.3, -0.25) is 10.3 Å². The second-order valence-electron chi connectivity index (χ2n) is 3.69. The van der Waals surface area contributed by atoms with Crippen LogP contribution in [0.2, 0.25) is 0 Å². The maximum Gasteiger partial charge on any atom is 0.335 e. The fraction of sp³-hybridized carbons (Fsp3) is 0.364. The van der Waals surface area contributed by atoms with Gasteiger partial charge >= 0.3 is 6.03 Å². The summed E-state index contributed by atoms with van der Waals surface area (Å²) < 4.78 is 0. The number of fused-ring (bicyclic) bond motifs is 1. The molecule has 0 saturated heterocycles. The maximum atomic E-state index is 11.6. The number of carbonyl (C=O) groups excluding carboxylic acids is 1. The van der Waals surface area contributed by atoms with Gasteiger partial charge in [0.05, 0.1) is 0 Å². The molecule has 1 aliphatic heterocycles. The molecule has 1 aliphatic rings. The Morgan fingerprint density at radius 1 is 1.33 bits per heavy atom. The Balaban J connectivity index is 2.37. The van der Waals surface area contributed by atoms with Gasteiger partial charge in [-0.2, -0.15) is 0 Å². The monoisotopic (exact) mass is 205 g/mol. The molecule has 0 atom stereocenters. The van der Waals surface area contributed by atoms with Crippen LogP contribution in [-0.4, -0.2) is 12.6 Å². The molecule has 4 nitrogen and oxygen atoms in total. The summed E-state index contributed by atoms with van der Waals surface area (Å²) in [4.78, 5) is 13.3. The van der Waals surface area contributed by atoms with Crippen LogP contribution in [0.4, 0.5) is 10.5 Å². The Morgan fingerprint density at radius 3 is 2.93 bits per heavy atom. The highest BCUT2D eigenvalue weighted by Crippen LogP contribution is 2.25. The number of amides is 2. The molecule has 0 unspecified atom stereocenters. The first-order valence-corrected chi connectivity index (χ1v) is 5.19. The summed E-state index contributed by atoms with van der Waals surface area (Å²) in [5, 5.41) is 0. The molecule has 1 heterocycles. The molecule has 80 valence electrons. The van der Waals surface area contributed by atoms with Crippen LogP contribution >= 0.6 is 0 Å². The summed E-state index contributed by atoms with van der Waals surface area (Å²) in [5.74, 6) is 5.17. The van der Waals surface area contributed by atoms with Gasteiger partial charge in [0.2, 0.25) is 0 Å². The van der Waals surface area contributed by atoms with Crippen molar-refractivity contribution >= 4 is 11.7 Å². The van der Waals surface area contributed by atoms with E-state index in [1.54, 1.807) is 4.90 Å². The summed E-state index contributed by atoms with van der Waals surface area (Å²) in [7, 11) is 0. The first-order valence-electron chi connectivity index (χ1n) is 5.19. The molecular weight excluding hydrogens is 190 g/mol. The molecule has 0 bridgehead atoms. The molecule has 2 rings (SSSR count). The average molecular weight is 205 g/mol. The van der Waals surface area contributed by atoms with E-state index in [4.69, 9.17) is 5.84 Å². The molecule has 0 fully saturated rings. The second kappa shape index (κ2) is 4.31. The average Bonchev–Trinajstić information content (AvgIpc) is 2.50. The zero-order chi connectivity index (χ0) is 10.7. The molecule has 0 aliphatic carbocycles. The van der Waals surface area contributed by atoms with Crippen molar-refractivity contribution in [3.05, 3.63) is 29.8 Å². The highest BCUT2D eigenvalue weighted by atomic mass is 16.2. The minimum Gasteiger partial charge on any atom is -0.293 e. The van der Waals surface area contributed by atoms with Crippen LogP contribution in [0.5, 0.6) is 0 Å². The van der Waals surface area contributed by atoms with Crippen molar-refractivity contribution in [2.75, 3.05) is 11.4 Å². The number of hydrazine groups is 1. The van der Waals surface area contributed by atoms with Gasteiger partial charge in [0, 0.05) is 12.2 Å². The topological polar surface area (TPSA) is 58.4 Å². The number of benzene rings is 1. The Bertz CT molecular complexity index is 365. The van der Waals surface area contributed by atoms with Gasteiger partial charge in [0.1, 0.15) is 0 Å². The largest absolute Gasteiger partial charge is 0.335 e. The van der Waals surface area contributed by atoms with E-state index in [2.05, 4.69) is 11.5 Å². The molecule has 0 aromatic heterocycles. The number of urea groups is 1. The van der Waals surface area contributed by atoms with Gasteiger partial charge in [0.15, 0.2) is 0 Å². The molecule has 0 spiro atoms. The maximum absolute atomic E-state index is 11.6. The van der Waals surface area contributed by atoms with Gasteiger partial charge < -0.3 is 0 Å². The van der Waals surface area contributed by atoms with E-state index in [0.29, 0.717) is 0 Å². The standard InChI is InChI=1S/C11H15N3O/c12-13-11(15)14-8-4-3-6-9-5-1-2-7-10(9)14/h1-2,5,7H,3-4,6,8,12H2,(H,13,15). The van der Waals surface area contributed by atoms with Crippen LogP contribution in [-0.2, 0) is 6.42 Å². The Labute approximate surface area is 89.0 Å². The number of nitrogens with two attached hydrogens (primary N) is 1. The lowest BCUT2D eigenvalue weighted by molar-refractivity contribution is 0.246. The minimum absolute atomic E-state index is 0.232. The Morgan fingerprint density at radius 2 is 2.13 bits per heavy atom. The van der Waals surface area contributed by atoms with Crippen molar-refractivity contribution in [1.82, 2.24) is 5.43 Å². The smallest absolute Gasteiger partial charge is 0.293 e. The number of rotatable bonds is 0. The van der Waals surface area contributed by atoms with Crippen molar-refractivity contribution in [3.63, 3.8) is 0 Å². The third-order valence-corrected chi connectivity index (χ3v) is 2.73. The van der Waals surface area contributed by atoms with E-state index in [-0.39, 0.29) is 6.03 Å². The summed E-state index contributed by atoms with van der Waals surface area (Å²) in [5.41, 5.74) is 4.40. The summed E-state index contributed by atoms with van der Waals surface area (Å²) >= 11 is 0. The quantitative estimate of drug-likeness (QED) is 0.382. The van der Waals surface area contributed by atoms with Crippen LogP contribution in [0.25, 0.3) is 0 Å². The summed E-state index contributed by atoms with van der Waals surface area (Å²) in [6, 6.07) is 7.75. The van der Waals surface area contributed by atoms with E-state index in [1.165, 1.54) is 5.56 Å². The fourth-order valence-corrected chi connectivity index (χ4v) is 1.98. The zero-order valence-electron chi connectivity index (χ0n) is 8.57. The van der Waals surface area contributed by atoms with Crippen LogP contribution in [0.15, 0.2) is 24.3 Å². The molecule has 2 amide bonds. The first kappa shape index (κ1) is 9.98. The Kier molecular flexibility index (Phi) is 2.87. The lowest BCUT2D eigenvalue weighted by Gasteiger charge is -2.21. The molecule has 4 heteroatoms. The van der Waals surface area contributed by atoms with E-state index in [1.807, 2.05) is 18.2 Å². The number of nitrogens with one attached hydrogen (secondary N) is 1. The van der Waals surface area contributed by atoms with Crippen LogP contribution in [0.1, 0.15) is 18.4 Å². The number of carbonyl (C=O) groups is 1. The first-order chi connectivity index (χ1) is 7.33. The van der Waals surface area contributed by atoms with Crippen molar-refractivity contribution in [1.29, 1.82) is 0 Å². The normalized spacial score (nSPS) is 15.4. The zero-order valence-corrected chi connectivity index (χ0v) is 8.57. The Hall–Kier alpha value is -1.55. The van der Waals surface area contributed by atoms with Crippen molar-refractivity contribution in [2.45, 2.75) is 19.3 Å². The predicted octanol–water partition coefficient (Wildman–Crippen LogP) is 1.41. The number of para-hydroxylation sites is 1. The second-order valence-corrected chi connectivity index (χ2v) is 3.69. The molecule has 3 N–H and O–H groups in total. The molecule has 0 saturated carbocycles. The third kappa shape index (κ3) is 1.94. The van der Waals surface area contributed by atoms with Gasteiger partial charge in [-0.05, 0) is 30.9 Å². The van der Waals surface area contributed by atoms with E-state index < -0.39 is 0 Å². The number of anilines is 1. The molecular formula is C11H15N3O. The predicted molar refractivity (Wildman–Crippen MR) is 59.4 cm³/mol. The lowest BCUT2D eigenvalue weighted by Crippen LogP contribution is -2.44. The van der Waals surface area contributed by atoms with Crippen LogP contribution in [0, 0.1) is 0 Å².